The molecule has 0 spiro atoms. The largest absolute Gasteiger partial charge is 0.504 e. The van der Waals surface area contributed by atoms with Gasteiger partial charge in [-0.25, -0.2) is 4.68 Å². The third-order valence-electron chi connectivity index (χ3n) is 6.73. The van der Waals surface area contributed by atoms with E-state index in [-0.39, 0.29) is 24.2 Å². The van der Waals surface area contributed by atoms with Gasteiger partial charge >= 0.3 is 0 Å². The second-order valence-corrected chi connectivity index (χ2v) is 8.60. The summed E-state index contributed by atoms with van der Waals surface area (Å²) in [7, 11) is 1.58. The Hall–Kier alpha value is -2.64. The normalized spacial score (nSPS) is 17.9. The zero-order valence-electron chi connectivity index (χ0n) is 18.4. The summed E-state index contributed by atoms with van der Waals surface area (Å²) in [6, 6.07) is 14.5. The Kier molecular flexibility index (Phi) is 6.96. The molecule has 2 heterocycles. The molecule has 1 aromatic heterocycles. The maximum atomic E-state index is 10.2. The monoisotopic (exact) mass is 455 g/mol. The van der Waals surface area contributed by atoms with Crippen LogP contribution in [0.1, 0.15) is 66.7 Å². The number of hydrogen-bond donors (Lipinski definition) is 1. The van der Waals surface area contributed by atoms with E-state index >= 15 is 0 Å². The molecule has 2 aromatic carbocycles. The Balaban J connectivity index is 0.00000245. The molecule has 32 heavy (non-hydrogen) atoms. The number of halogens is 1. The summed E-state index contributed by atoms with van der Waals surface area (Å²) < 4.78 is 7.48. The minimum Gasteiger partial charge on any atom is -0.504 e. The van der Waals surface area contributed by atoms with E-state index in [1.807, 2.05) is 12.1 Å². The number of tetrazole rings is 1. The van der Waals surface area contributed by atoms with Crippen LogP contribution in [0.3, 0.4) is 0 Å². The van der Waals surface area contributed by atoms with Crippen LogP contribution in [0.15, 0.2) is 42.5 Å². The topological polar surface area (TPSA) is 76.3 Å². The van der Waals surface area contributed by atoms with Crippen LogP contribution >= 0.6 is 12.4 Å². The Bertz CT molecular complexity index is 1050. The van der Waals surface area contributed by atoms with Gasteiger partial charge in [0.15, 0.2) is 17.3 Å². The fourth-order valence-corrected chi connectivity index (χ4v) is 5.09. The highest BCUT2D eigenvalue weighted by molar-refractivity contribution is 5.85. The van der Waals surface area contributed by atoms with Gasteiger partial charge < -0.3 is 9.84 Å². The molecule has 0 bridgehead atoms. The predicted octanol–water partition coefficient (Wildman–Crippen LogP) is 4.46. The second kappa shape index (κ2) is 9.88. The summed E-state index contributed by atoms with van der Waals surface area (Å²) in [4.78, 5) is 2.44. The maximum absolute atomic E-state index is 10.2. The Morgan fingerprint density at radius 1 is 1.06 bits per heavy atom. The van der Waals surface area contributed by atoms with Crippen molar-refractivity contribution in [3.05, 3.63) is 65.0 Å². The van der Waals surface area contributed by atoms with Gasteiger partial charge in [0, 0.05) is 13.1 Å². The molecule has 1 saturated carbocycles. The summed E-state index contributed by atoms with van der Waals surface area (Å²) in [6.07, 6.45) is 6.96. The number of methoxy groups -OCH3 is 1. The minimum atomic E-state index is -0.111. The number of rotatable bonds is 5. The van der Waals surface area contributed by atoms with Crippen LogP contribution in [0.4, 0.5) is 0 Å². The van der Waals surface area contributed by atoms with Gasteiger partial charge in [0.05, 0.1) is 19.2 Å². The highest BCUT2D eigenvalue weighted by atomic mass is 35.5. The van der Waals surface area contributed by atoms with E-state index in [1.54, 1.807) is 13.2 Å². The second-order valence-electron chi connectivity index (χ2n) is 8.60. The van der Waals surface area contributed by atoms with Crippen molar-refractivity contribution in [1.82, 2.24) is 25.1 Å². The molecular formula is C24H30ClN5O2. The van der Waals surface area contributed by atoms with Crippen molar-refractivity contribution >= 4 is 12.4 Å². The summed E-state index contributed by atoms with van der Waals surface area (Å²) in [5, 5.41) is 23.2. The van der Waals surface area contributed by atoms with Gasteiger partial charge in [0.25, 0.3) is 0 Å². The molecule has 2 aliphatic rings. The Morgan fingerprint density at radius 3 is 2.62 bits per heavy atom. The van der Waals surface area contributed by atoms with Gasteiger partial charge in [0.1, 0.15) is 0 Å². The maximum Gasteiger partial charge on any atom is 0.173 e. The number of phenols is 1. The zero-order valence-corrected chi connectivity index (χ0v) is 19.2. The highest BCUT2D eigenvalue weighted by Crippen LogP contribution is 2.38. The first-order valence-electron chi connectivity index (χ1n) is 11.2. The third-order valence-corrected chi connectivity index (χ3v) is 6.73. The van der Waals surface area contributed by atoms with Crippen LogP contribution in [-0.2, 0) is 13.0 Å². The Morgan fingerprint density at radius 2 is 1.84 bits per heavy atom. The smallest absolute Gasteiger partial charge is 0.173 e. The molecular weight excluding hydrogens is 426 g/mol. The molecule has 0 amide bonds. The van der Waals surface area contributed by atoms with Crippen molar-refractivity contribution in [2.75, 3.05) is 13.7 Å². The lowest BCUT2D eigenvalue weighted by Gasteiger charge is -2.36. The van der Waals surface area contributed by atoms with E-state index in [9.17, 15) is 5.11 Å². The summed E-state index contributed by atoms with van der Waals surface area (Å²) in [5.74, 6) is 1.48. The molecule has 5 rings (SSSR count). The number of ether oxygens (including phenoxy) is 1. The highest BCUT2D eigenvalue weighted by Gasteiger charge is 2.33. The van der Waals surface area contributed by atoms with E-state index in [2.05, 4.69) is 49.4 Å². The van der Waals surface area contributed by atoms with Gasteiger partial charge in [-0.1, -0.05) is 49.6 Å². The van der Waals surface area contributed by atoms with Crippen LogP contribution < -0.4 is 4.74 Å². The lowest BCUT2D eigenvalue weighted by Crippen LogP contribution is -2.36. The standard InChI is InChI=1S/C24H29N5O2.ClH/c1-31-22-15-18(11-12-21(22)30)23(28-14-13-17-7-5-6-8-19(17)16-28)24-25-26-27-29(24)20-9-3-2-4-10-20;/h5-8,11-12,15,20,23,30H,2-4,9-10,13-14,16H2,1H3;1H. The van der Waals surface area contributed by atoms with Gasteiger partial charge in [-0.2, -0.15) is 0 Å². The van der Waals surface area contributed by atoms with E-state index < -0.39 is 0 Å². The molecule has 1 aliphatic heterocycles. The quantitative estimate of drug-likeness (QED) is 0.612. The molecule has 1 N–H and O–H groups in total. The molecule has 1 fully saturated rings. The zero-order chi connectivity index (χ0) is 21.2. The molecule has 1 aliphatic carbocycles. The fraction of sp³-hybridized carbons (Fsp3) is 0.458. The predicted molar refractivity (Wildman–Crippen MR) is 124 cm³/mol. The van der Waals surface area contributed by atoms with Crippen molar-refractivity contribution in [2.24, 2.45) is 0 Å². The van der Waals surface area contributed by atoms with Gasteiger partial charge in [-0.05, 0) is 58.5 Å². The number of nitrogens with zero attached hydrogens (tertiary/aromatic N) is 5. The summed E-state index contributed by atoms with van der Waals surface area (Å²) in [5.41, 5.74) is 3.79. The number of aromatic hydroxyl groups is 1. The molecule has 3 aromatic rings. The average molecular weight is 456 g/mol. The fourth-order valence-electron chi connectivity index (χ4n) is 5.09. The molecule has 1 atom stereocenters. The lowest BCUT2D eigenvalue weighted by atomic mass is 9.94. The number of aromatic nitrogens is 4. The van der Waals surface area contributed by atoms with Crippen molar-refractivity contribution < 1.29 is 9.84 Å². The lowest BCUT2D eigenvalue weighted by molar-refractivity contribution is 0.187. The third kappa shape index (κ3) is 4.32. The van der Waals surface area contributed by atoms with Gasteiger partial charge in [0.2, 0.25) is 0 Å². The van der Waals surface area contributed by atoms with E-state index in [0.29, 0.717) is 11.8 Å². The van der Waals surface area contributed by atoms with Crippen molar-refractivity contribution in [3.8, 4) is 11.5 Å². The van der Waals surface area contributed by atoms with Gasteiger partial charge in [-0.15, -0.1) is 17.5 Å². The SMILES string of the molecule is COc1cc(C(c2nnnn2C2CCCCC2)N2CCc3ccccc3C2)ccc1O.Cl. The molecule has 7 nitrogen and oxygen atoms in total. The minimum absolute atomic E-state index is 0. The average Bonchev–Trinajstić information content (AvgIpc) is 3.30. The van der Waals surface area contributed by atoms with Crippen LogP contribution in [0.5, 0.6) is 11.5 Å². The number of benzene rings is 2. The first-order chi connectivity index (χ1) is 15.2. The number of fused-ring (bicyclic) bond motifs is 1. The van der Waals surface area contributed by atoms with Gasteiger partial charge in [-0.3, -0.25) is 4.90 Å². The molecule has 0 radical (unpaired) electrons. The van der Waals surface area contributed by atoms with Crippen LogP contribution in [-0.4, -0.2) is 43.9 Å². The van der Waals surface area contributed by atoms with Crippen molar-refractivity contribution in [3.63, 3.8) is 0 Å². The number of hydrogen-bond acceptors (Lipinski definition) is 6. The van der Waals surface area contributed by atoms with Crippen LogP contribution in [0, 0.1) is 0 Å². The summed E-state index contributed by atoms with van der Waals surface area (Å²) >= 11 is 0. The van der Waals surface area contributed by atoms with Crippen LogP contribution in [0.25, 0.3) is 0 Å². The van der Waals surface area contributed by atoms with Crippen LogP contribution in [0.2, 0.25) is 0 Å². The molecule has 1 unspecified atom stereocenters. The molecule has 0 saturated heterocycles. The molecule has 8 heteroatoms. The van der Waals surface area contributed by atoms with E-state index in [4.69, 9.17) is 4.74 Å². The first kappa shape index (κ1) is 22.6. The number of phenolic OH excluding ortho intramolecular Hbond substituents is 1. The van der Waals surface area contributed by atoms with E-state index in [0.717, 1.165) is 43.7 Å². The summed E-state index contributed by atoms with van der Waals surface area (Å²) in [6.45, 7) is 1.75. The Labute approximate surface area is 194 Å². The van der Waals surface area contributed by atoms with E-state index in [1.165, 1.54) is 30.4 Å². The van der Waals surface area contributed by atoms with Crippen molar-refractivity contribution in [2.45, 2.75) is 57.2 Å². The molecule has 170 valence electrons. The first-order valence-corrected chi connectivity index (χ1v) is 11.2. The van der Waals surface area contributed by atoms with Crippen molar-refractivity contribution in [1.29, 1.82) is 0 Å².